The lowest BCUT2D eigenvalue weighted by atomic mass is 10.1. The summed E-state index contributed by atoms with van der Waals surface area (Å²) in [4.78, 5) is 11.4. The van der Waals surface area contributed by atoms with Crippen molar-refractivity contribution in [2.75, 3.05) is 16.8 Å². The lowest BCUT2D eigenvalue weighted by Crippen LogP contribution is -2.36. The zero-order valence-electron chi connectivity index (χ0n) is 10.9. The molecule has 0 saturated carbocycles. The number of hydrogen-bond acceptors (Lipinski definition) is 3. The Balaban J connectivity index is 2.06. The molecule has 2 heterocycles. The Labute approximate surface area is 122 Å². The second kappa shape index (κ2) is 5.87. The lowest BCUT2D eigenvalue weighted by Gasteiger charge is -2.30. The number of rotatable bonds is 2. The summed E-state index contributed by atoms with van der Waals surface area (Å²) >= 11 is 3.66. The van der Waals surface area contributed by atoms with Gasteiger partial charge in [-0.15, -0.1) is 0 Å². The second-order valence-corrected chi connectivity index (χ2v) is 5.71. The first-order chi connectivity index (χ1) is 9.40. The van der Waals surface area contributed by atoms with Crippen molar-refractivity contribution >= 4 is 32.7 Å². The van der Waals surface area contributed by atoms with Crippen LogP contribution in [0, 0.1) is 0 Å². The minimum atomic E-state index is 0.542. The number of hydrogen-bond donors (Lipinski definition) is 0. The minimum Gasteiger partial charge on any atom is -0.352 e. The number of anilines is 1. The fourth-order valence-electron chi connectivity index (χ4n) is 2.84. The molecular weight excluding hydrogens is 302 g/mol. The third-order valence-electron chi connectivity index (χ3n) is 3.85. The number of nitrogens with zero attached hydrogens (tertiary/aromatic N) is 3. The average molecular weight is 320 g/mol. The van der Waals surface area contributed by atoms with E-state index in [0.29, 0.717) is 6.04 Å². The monoisotopic (exact) mass is 319 g/mol. The van der Waals surface area contributed by atoms with Gasteiger partial charge in [-0.25, -0.2) is 9.97 Å². The van der Waals surface area contributed by atoms with Crippen LogP contribution in [0.2, 0.25) is 0 Å². The van der Waals surface area contributed by atoms with Crippen molar-refractivity contribution < 1.29 is 0 Å². The van der Waals surface area contributed by atoms with E-state index in [0.717, 1.165) is 28.6 Å². The van der Waals surface area contributed by atoms with Crippen LogP contribution in [0.1, 0.15) is 25.7 Å². The van der Waals surface area contributed by atoms with E-state index in [-0.39, 0.29) is 0 Å². The molecule has 2 aromatic rings. The maximum absolute atomic E-state index is 4.56. The Morgan fingerprint density at radius 3 is 2.95 bits per heavy atom. The van der Waals surface area contributed by atoms with Gasteiger partial charge >= 0.3 is 0 Å². The molecule has 3 rings (SSSR count). The van der Waals surface area contributed by atoms with Crippen LogP contribution < -0.4 is 4.90 Å². The van der Waals surface area contributed by atoms with Gasteiger partial charge in [0.25, 0.3) is 0 Å². The Kier molecular flexibility index (Phi) is 3.97. The maximum Gasteiger partial charge on any atom is 0.140 e. The summed E-state index contributed by atoms with van der Waals surface area (Å²) in [6, 6.07) is 8.82. The molecule has 1 aliphatic rings. The summed E-state index contributed by atoms with van der Waals surface area (Å²) in [6.45, 7) is 1.09. The molecule has 1 aromatic carbocycles. The second-order valence-electron chi connectivity index (χ2n) is 5.07. The third-order valence-corrected chi connectivity index (χ3v) is 4.60. The molecule has 4 heteroatoms. The predicted molar refractivity (Wildman–Crippen MR) is 82.9 cm³/mol. The van der Waals surface area contributed by atoms with Crippen LogP contribution in [0.5, 0.6) is 0 Å². The number of para-hydroxylation sites is 1. The smallest absolute Gasteiger partial charge is 0.140 e. The van der Waals surface area contributed by atoms with E-state index in [1.807, 2.05) is 6.07 Å². The quantitative estimate of drug-likeness (QED) is 0.789. The Hall–Kier alpha value is -1.16. The van der Waals surface area contributed by atoms with Crippen molar-refractivity contribution in [3.63, 3.8) is 0 Å². The normalized spacial score (nSPS) is 20.5. The Morgan fingerprint density at radius 1 is 1.16 bits per heavy atom. The number of alkyl halides is 1. The fraction of sp³-hybridized carbons (Fsp3) is 0.467. The highest BCUT2D eigenvalue weighted by molar-refractivity contribution is 9.09. The Morgan fingerprint density at radius 2 is 2.05 bits per heavy atom. The van der Waals surface area contributed by atoms with Crippen molar-refractivity contribution in [3.8, 4) is 0 Å². The van der Waals surface area contributed by atoms with E-state index in [4.69, 9.17) is 0 Å². The van der Waals surface area contributed by atoms with Gasteiger partial charge < -0.3 is 4.90 Å². The molecule has 3 nitrogen and oxygen atoms in total. The van der Waals surface area contributed by atoms with Crippen molar-refractivity contribution in [2.24, 2.45) is 0 Å². The van der Waals surface area contributed by atoms with Crippen molar-refractivity contribution in [1.82, 2.24) is 9.97 Å². The molecule has 1 aliphatic heterocycles. The number of benzene rings is 1. The van der Waals surface area contributed by atoms with Gasteiger partial charge in [-0.05, 0) is 25.0 Å². The largest absolute Gasteiger partial charge is 0.352 e. The van der Waals surface area contributed by atoms with Gasteiger partial charge in [0.15, 0.2) is 0 Å². The molecule has 0 amide bonds. The summed E-state index contributed by atoms with van der Waals surface area (Å²) in [5.74, 6) is 1.09. The van der Waals surface area contributed by atoms with Crippen molar-refractivity contribution in [3.05, 3.63) is 30.6 Å². The molecule has 0 bridgehead atoms. The zero-order chi connectivity index (χ0) is 13.1. The molecule has 1 aromatic heterocycles. The molecule has 0 radical (unpaired) electrons. The van der Waals surface area contributed by atoms with E-state index in [9.17, 15) is 0 Å². The van der Waals surface area contributed by atoms with Crippen LogP contribution in [0.3, 0.4) is 0 Å². The van der Waals surface area contributed by atoms with E-state index in [1.54, 1.807) is 6.33 Å². The van der Waals surface area contributed by atoms with Gasteiger partial charge in [-0.2, -0.15) is 0 Å². The highest BCUT2D eigenvalue weighted by atomic mass is 79.9. The van der Waals surface area contributed by atoms with E-state index in [1.165, 1.54) is 25.7 Å². The van der Waals surface area contributed by atoms with E-state index < -0.39 is 0 Å². The average Bonchev–Trinajstić information content (AvgIpc) is 2.71. The van der Waals surface area contributed by atoms with Gasteiger partial charge in [0.2, 0.25) is 0 Å². The fourth-order valence-corrected chi connectivity index (χ4v) is 3.51. The van der Waals surface area contributed by atoms with Crippen LogP contribution in [0.25, 0.3) is 10.9 Å². The minimum absolute atomic E-state index is 0.542. The molecule has 100 valence electrons. The van der Waals surface area contributed by atoms with Crippen LogP contribution in [-0.4, -0.2) is 27.9 Å². The summed E-state index contributed by atoms with van der Waals surface area (Å²) in [5, 5.41) is 2.17. The van der Waals surface area contributed by atoms with Crippen molar-refractivity contribution in [2.45, 2.75) is 31.7 Å². The van der Waals surface area contributed by atoms with Crippen LogP contribution >= 0.6 is 15.9 Å². The first-order valence-electron chi connectivity index (χ1n) is 6.92. The predicted octanol–water partition coefficient (Wildman–Crippen LogP) is 3.77. The van der Waals surface area contributed by atoms with E-state index >= 15 is 0 Å². The van der Waals surface area contributed by atoms with E-state index in [2.05, 4.69) is 49.0 Å². The summed E-state index contributed by atoms with van der Waals surface area (Å²) < 4.78 is 0. The maximum atomic E-state index is 4.56. The van der Waals surface area contributed by atoms with Crippen LogP contribution in [0.4, 0.5) is 5.82 Å². The molecule has 1 atom stereocenters. The van der Waals surface area contributed by atoms with Crippen molar-refractivity contribution in [1.29, 1.82) is 0 Å². The molecular formula is C15H18BrN3. The SMILES string of the molecule is BrCC1CCCCCN1c1ncnc2ccccc12. The summed E-state index contributed by atoms with van der Waals surface area (Å²) in [7, 11) is 0. The molecule has 0 spiro atoms. The molecule has 1 saturated heterocycles. The van der Waals surface area contributed by atoms with Crippen LogP contribution in [-0.2, 0) is 0 Å². The Bertz CT molecular complexity index is 553. The first kappa shape index (κ1) is 12.9. The molecule has 0 N–H and O–H groups in total. The number of halogens is 1. The van der Waals surface area contributed by atoms with Gasteiger partial charge in [0.05, 0.1) is 5.52 Å². The molecule has 1 fully saturated rings. The first-order valence-corrected chi connectivity index (χ1v) is 8.04. The molecule has 1 unspecified atom stereocenters. The highest BCUT2D eigenvalue weighted by Crippen LogP contribution is 2.28. The number of aromatic nitrogens is 2. The number of fused-ring (bicyclic) bond motifs is 1. The third kappa shape index (κ3) is 2.59. The van der Waals surface area contributed by atoms with Gasteiger partial charge in [-0.1, -0.05) is 40.9 Å². The summed E-state index contributed by atoms with van der Waals surface area (Å²) in [6.07, 6.45) is 6.82. The van der Waals surface area contributed by atoms with Crippen LogP contribution in [0.15, 0.2) is 30.6 Å². The van der Waals surface area contributed by atoms with Gasteiger partial charge in [-0.3, -0.25) is 0 Å². The standard InChI is InChI=1S/C15H18BrN3/c16-10-12-6-2-1-5-9-19(12)15-13-7-3-4-8-14(13)17-11-18-15/h3-4,7-8,11-12H,1-2,5-6,9-10H2. The topological polar surface area (TPSA) is 29.0 Å². The van der Waals surface area contributed by atoms with Gasteiger partial charge in [0.1, 0.15) is 12.1 Å². The zero-order valence-corrected chi connectivity index (χ0v) is 12.5. The molecule has 19 heavy (non-hydrogen) atoms. The lowest BCUT2D eigenvalue weighted by molar-refractivity contribution is 0.623. The summed E-state index contributed by atoms with van der Waals surface area (Å²) in [5.41, 5.74) is 1.03. The highest BCUT2D eigenvalue weighted by Gasteiger charge is 2.22. The molecule has 0 aliphatic carbocycles. The van der Waals surface area contributed by atoms with Gasteiger partial charge in [0, 0.05) is 23.3 Å².